The highest BCUT2D eigenvalue weighted by atomic mass is 32.1. The van der Waals surface area contributed by atoms with Crippen LogP contribution in [0.4, 0.5) is 10.8 Å². The lowest BCUT2D eigenvalue weighted by atomic mass is 9.63. The number of nitrogen functional groups attached to an aromatic ring is 1. The van der Waals surface area contributed by atoms with Crippen molar-refractivity contribution < 1.29 is 4.52 Å². The smallest absolute Gasteiger partial charge is 0.186 e. The Bertz CT molecular complexity index is 1870. The van der Waals surface area contributed by atoms with Crippen molar-refractivity contribution in [1.82, 2.24) is 29.8 Å². The summed E-state index contributed by atoms with van der Waals surface area (Å²) in [6.07, 6.45) is 11.4. The van der Waals surface area contributed by atoms with Crippen LogP contribution in [0.15, 0.2) is 10.7 Å². The van der Waals surface area contributed by atoms with Gasteiger partial charge in [-0.1, -0.05) is 5.16 Å². The minimum Gasteiger partial charge on any atom is -0.389 e. The predicted octanol–water partition coefficient (Wildman–Crippen LogP) is 5.33. The Hall–Kier alpha value is -4.00. The molecular formula is C32H36N10OS. The normalized spacial score (nSPS) is 24.5. The lowest BCUT2D eigenvalue weighted by Crippen LogP contribution is -2.35. The molecule has 3 N–H and O–H groups in total. The molecule has 0 radical (unpaired) electrons. The fourth-order valence-electron chi connectivity index (χ4n) is 8.12. The van der Waals surface area contributed by atoms with Gasteiger partial charge >= 0.3 is 0 Å². The molecule has 2 fully saturated rings. The number of nitrogens with two attached hydrogens (primary N) is 1. The zero-order chi connectivity index (χ0) is 30.2. The molecule has 3 atom stereocenters. The van der Waals surface area contributed by atoms with Crippen molar-refractivity contribution >= 4 is 33.2 Å². The van der Waals surface area contributed by atoms with Crippen molar-refractivity contribution in [2.45, 2.75) is 88.6 Å². The average molecular weight is 609 g/mol. The Morgan fingerprint density at radius 3 is 2.73 bits per heavy atom. The Kier molecular flexibility index (Phi) is 6.27. The molecule has 0 amide bonds. The van der Waals surface area contributed by atoms with Gasteiger partial charge in [0.2, 0.25) is 0 Å². The van der Waals surface area contributed by atoms with E-state index < -0.39 is 5.41 Å². The van der Waals surface area contributed by atoms with E-state index in [0.29, 0.717) is 40.5 Å². The van der Waals surface area contributed by atoms with Crippen molar-refractivity contribution in [3.8, 4) is 23.7 Å². The summed E-state index contributed by atoms with van der Waals surface area (Å²) in [4.78, 5) is 13.8. The van der Waals surface area contributed by atoms with Gasteiger partial charge in [0.15, 0.2) is 22.9 Å². The van der Waals surface area contributed by atoms with E-state index in [-0.39, 0.29) is 11.5 Å². The number of nitrogens with one attached hydrogen (secondary N) is 1. The second kappa shape index (κ2) is 10.0. The number of rotatable bonds is 6. The number of hydrogen-bond acceptors (Lipinski definition) is 11. The molecule has 8 rings (SSSR count). The molecule has 44 heavy (non-hydrogen) atoms. The molecule has 1 saturated carbocycles. The number of thiophene rings is 1. The van der Waals surface area contributed by atoms with Gasteiger partial charge in [0.25, 0.3) is 0 Å². The summed E-state index contributed by atoms with van der Waals surface area (Å²) in [6.45, 7) is 3.82. The summed E-state index contributed by atoms with van der Waals surface area (Å²) in [5, 5.41) is 34.3. The maximum atomic E-state index is 10.1. The lowest BCUT2D eigenvalue weighted by Gasteiger charge is -2.39. The molecule has 5 heterocycles. The quantitative estimate of drug-likeness (QED) is 0.293. The first-order valence-electron chi connectivity index (χ1n) is 15.8. The molecule has 1 aliphatic heterocycles. The van der Waals surface area contributed by atoms with Gasteiger partial charge in [0.05, 0.1) is 40.1 Å². The van der Waals surface area contributed by atoms with Crippen LogP contribution in [0.2, 0.25) is 0 Å². The second-order valence-corrected chi connectivity index (χ2v) is 14.4. The van der Waals surface area contributed by atoms with Gasteiger partial charge in [-0.2, -0.15) is 15.6 Å². The molecule has 1 saturated heterocycles. The standard InChI is InChI=1S/C32H36N10OS/c1-18(22-7-5-13-41(22)2)42-30-21(15-37-42)28(36-17-31(16-34)11-12-31)38-29(39-30)25-19-6-3-9-32(26(19)43-40-25)10-4-8-23-24(32)20(14-33)27(35)44-23/h15,18,22H,3-13,17,35H2,1-2H3,(H,36,38,39)/t18-,22-,32-/m0/s1. The van der Waals surface area contributed by atoms with Crippen molar-refractivity contribution in [2.24, 2.45) is 5.41 Å². The molecule has 11 nitrogen and oxygen atoms in total. The highest BCUT2D eigenvalue weighted by Crippen LogP contribution is 2.55. The maximum Gasteiger partial charge on any atom is 0.186 e. The second-order valence-electron chi connectivity index (χ2n) is 13.3. The van der Waals surface area contributed by atoms with E-state index in [1.54, 1.807) is 11.3 Å². The topological polar surface area (TPSA) is 158 Å². The summed E-state index contributed by atoms with van der Waals surface area (Å²) in [5.74, 6) is 2.01. The molecule has 12 heteroatoms. The van der Waals surface area contributed by atoms with Crippen LogP contribution in [-0.2, 0) is 18.3 Å². The highest BCUT2D eigenvalue weighted by Gasteiger charge is 2.49. The van der Waals surface area contributed by atoms with Gasteiger partial charge in [-0.25, -0.2) is 14.6 Å². The number of anilines is 2. The van der Waals surface area contributed by atoms with Crippen molar-refractivity contribution in [1.29, 1.82) is 10.5 Å². The lowest BCUT2D eigenvalue weighted by molar-refractivity contribution is 0.232. The number of likely N-dealkylation sites (tertiary alicyclic amines) is 1. The van der Waals surface area contributed by atoms with Crippen LogP contribution < -0.4 is 11.1 Å². The molecular weight excluding hydrogens is 572 g/mol. The van der Waals surface area contributed by atoms with Crippen LogP contribution in [-0.4, -0.2) is 56.0 Å². The SMILES string of the molecule is C[C@@H]([C@@H]1CCCN1C)n1ncc2c(NCC3(C#N)CC3)nc(-c3noc4c3CCC[C@@]43CCCc4sc(N)c(C#N)c43)nc21. The fourth-order valence-corrected chi connectivity index (χ4v) is 9.28. The zero-order valence-electron chi connectivity index (χ0n) is 25.2. The highest BCUT2D eigenvalue weighted by molar-refractivity contribution is 7.16. The molecule has 1 spiro atoms. The average Bonchev–Trinajstić information content (AvgIpc) is 3.40. The largest absolute Gasteiger partial charge is 0.389 e. The van der Waals surface area contributed by atoms with Gasteiger partial charge in [0.1, 0.15) is 16.9 Å². The first-order valence-corrected chi connectivity index (χ1v) is 16.6. The van der Waals surface area contributed by atoms with E-state index in [9.17, 15) is 10.5 Å². The molecule has 4 aliphatic rings. The first-order chi connectivity index (χ1) is 21.4. The minimum atomic E-state index is -0.411. The summed E-state index contributed by atoms with van der Waals surface area (Å²) in [5.41, 5.74) is 9.68. The van der Waals surface area contributed by atoms with E-state index in [1.807, 2.05) is 10.9 Å². The molecule has 0 unspecified atom stereocenters. The number of fused-ring (bicyclic) bond motifs is 5. The number of aromatic nitrogens is 5. The van der Waals surface area contributed by atoms with Gasteiger partial charge < -0.3 is 20.5 Å². The molecule has 226 valence electrons. The van der Waals surface area contributed by atoms with Crippen molar-refractivity contribution in [3.05, 3.63) is 33.5 Å². The van der Waals surface area contributed by atoms with Crippen molar-refractivity contribution in [2.75, 3.05) is 31.2 Å². The van der Waals surface area contributed by atoms with Crippen LogP contribution in [0.5, 0.6) is 0 Å². The maximum absolute atomic E-state index is 10.1. The predicted molar refractivity (Wildman–Crippen MR) is 167 cm³/mol. The molecule has 0 bridgehead atoms. The van der Waals surface area contributed by atoms with E-state index in [0.717, 1.165) is 92.3 Å². The van der Waals surface area contributed by atoms with Crippen LogP contribution in [0.3, 0.4) is 0 Å². The van der Waals surface area contributed by atoms with Crippen LogP contribution >= 0.6 is 11.3 Å². The Balaban J connectivity index is 1.26. The van der Waals surface area contributed by atoms with Gasteiger partial charge in [-0.05, 0) is 90.3 Å². The van der Waals surface area contributed by atoms with Gasteiger partial charge in [0, 0.05) is 23.0 Å². The third kappa shape index (κ3) is 4.00. The zero-order valence-corrected chi connectivity index (χ0v) is 26.0. The van der Waals surface area contributed by atoms with E-state index in [4.69, 9.17) is 25.3 Å². The Morgan fingerprint density at radius 1 is 1.18 bits per heavy atom. The van der Waals surface area contributed by atoms with Crippen LogP contribution in [0.25, 0.3) is 22.6 Å². The number of likely N-dealkylation sites (N-methyl/N-ethyl adjacent to an activating group) is 1. The Morgan fingerprint density at radius 2 is 2.00 bits per heavy atom. The van der Waals surface area contributed by atoms with E-state index in [1.165, 1.54) is 11.3 Å². The number of hydrogen-bond donors (Lipinski definition) is 2. The number of nitriles is 2. The summed E-state index contributed by atoms with van der Waals surface area (Å²) in [6, 6.07) is 5.37. The molecule has 4 aromatic rings. The van der Waals surface area contributed by atoms with Crippen LogP contribution in [0.1, 0.15) is 91.7 Å². The Labute approximate surface area is 260 Å². The van der Waals surface area contributed by atoms with Gasteiger partial charge in [-0.3, -0.25) is 0 Å². The number of nitrogens with zero attached hydrogens (tertiary/aromatic N) is 8. The van der Waals surface area contributed by atoms with Gasteiger partial charge in [-0.15, -0.1) is 11.3 Å². The van der Waals surface area contributed by atoms with Crippen molar-refractivity contribution in [3.63, 3.8) is 0 Å². The molecule has 3 aliphatic carbocycles. The first kappa shape index (κ1) is 27.5. The molecule has 0 aromatic carbocycles. The summed E-state index contributed by atoms with van der Waals surface area (Å²) in [7, 11) is 2.18. The third-order valence-electron chi connectivity index (χ3n) is 10.7. The van der Waals surface area contributed by atoms with Crippen LogP contribution in [0, 0.1) is 28.1 Å². The summed E-state index contributed by atoms with van der Waals surface area (Å²) >= 11 is 1.54. The summed E-state index contributed by atoms with van der Waals surface area (Å²) < 4.78 is 8.31. The third-order valence-corrected chi connectivity index (χ3v) is 11.8. The van der Waals surface area contributed by atoms with E-state index >= 15 is 0 Å². The molecule has 4 aromatic heterocycles. The number of aryl methyl sites for hydroxylation is 1. The minimum absolute atomic E-state index is 0.119. The fraction of sp³-hybridized carbons (Fsp3) is 0.562. The van der Waals surface area contributed by atoms with E-state index in [2.05, 4.69) is 41.5 Å². The monoisotopic (exact) mass is 608 g/mol.